The molecule has 1 aromatic carbocycles. The summed E-state index contributed by atoms with van der Waals surface area (Å²) >= 11 is 0. The molecule has 12 heteroatoms. The van der Waals surface area contributed by atoms with Crippen molar-refractivity contribution in [2.45, 2.75) is 73.6 Å². The van der Waals surface area contributed by atoms with Crippen LogP contribution in [0.2, 0.25) is 0 Å². The molecule has 0 aromatic heterocycles. The Morgan fingerprint density at radius 2 is 1.71 bits per heavy atom. The highest BCUT2D eigenvalue weighted by atomic mass is 16.6. The smallest absolute Gasteiger partial charge is 0.338 e. The molecule has 12 nitrogen and oxygen atoms in total. The zero-order valence-corrected chi connectivity index (χ0v) is 26.6. The first-order valence-electron chi connectivity index (χ1n) is 15.8. The summed E-state index contributed by atoms with van der Waals surface area (Å²) < 4.78 is 37.2. The number of carbonyl (C=O) groups is 2. The fourth-order valence-electron chi connectivity index (χ4n) is 12.2. The van der Waals surface area contributed by atoms with Crippen molar-refractivity contribution in [3.8, 4) is 0 Å². The van der Waals surface area contributed by atoms with E-state index >= 15 is 0 Å². The fraction of sp³-hybridized carbons (Fsp3) is 0.758. The molecule has 1 aromatic rings. The maximum absolute atomic E-state index is 13.7. The van der Waals surface area contributed by atoms with Crippen LogP contribution < -0.4 is 0 Å². The number of hydrogen-bond donors (Lipinski definition) is 3. The first-order chi connectivity index (χ1) is 21.4. The quantitative estimate of drug-likeness (QED) is 0.337. The van der Waals surface area contributed by atoms with Crippen LogP contribution in [0.5, 0.6) is 0 Å². The maximum Gasteiger partial charge on any atom is 0.338 e. The summed E-state index contributed by atoms with van der Waals surface area (Å²) in [6, 6.07) is 8.15. The zero-order valence-electron chi connectivity index (χ0n) is 26.6. The Kier molecular flexibility index (Phi) is 7.28. The van der Waals surface area contributed by atoms with Gasteiger partial charge in [-0.05, 0) is 31.5 Å². The molecule has 5 saturated carbocycles. The van der Waals surface area contributed by atoms with Gasteiger partial charge in [0.05, 0.1) is 30.5 Å². The number of likely N-dealkylation sites (tertiary alicyclic amines) is 1. The summed E-state index contributed by atoms with van der Waals surface area (Å²) in [4.78, 5) is 29.1. The number of esters is 2. The molecule has 0 radical (unpaired) electrons. The van der Waals surface area contributed by atoms with Crippen molar-refractivity contribution in [3.05, 3.63) is 35.9 Å². The van der Waals surface area contributed by atoms with Gasteiger partial charge in [-0.2, -0.15) is 0 Å². The number of carbonyl (C=O) groups excluding carboxylic acids is 2. The van der Waals surface area contributed by atoms with Crippen LogP contribution in [-0.4, -0.2) is 135 Å². The Labute approximate surface area is 262 Å². The molecular formula is C33H45NO11. The van der Waals surface area contributed by atoms with E-state index in [2.05, 4.69) is 4.90 Å². The van der Waals surface area contributed by atoms with Crippen LogP contribution in [0.1, 0.15) is 30.1 Å². The number of piperidine rings is 1. The Hall–Kier alpha value is -2.16. The summed E-state index contributed by atoms with van der Waals surface area (Å²) in [5.74, 6) is -3.66. The van der Waals surface area contributed by atoms with Crippen LogP contribution in [0.4, 0.5) is 0 Å². The molecule has 248 valence electrons. The van der Waals surface area contributed by atoms with Gasteiger partial charge in [-0.1, -0.05) is 18.2 Å². The molecule has 15 atom stereocenters. The summed E-state index contributed by atoms with van der Waals surface area (Å²) in [5, 5.41) is 37.0. The molecule has 3 N–H and O–H groups in total. The minimum atomic E-state index is -1.83. The highest BCUT2D eigenvalue weighted by molar-refractivity contribution is 5.89. The van der Waals surface area contributed by atoms with Crippen LogP contribution in [0.15, 0.2) is 30.3 Å². The van der Waals surface area contributed by atoms with Crippen LogP contribution in [0.25, 0.3) is 0 Å². The summed E-state index contributed by atoms with van der Waals surface area (Å²) in [5.41, 5.74) is -4.79. The van der Waals surface area contributed by atoms with Crippen LogP contribution in [0, 0.1) is 34.5 Å². The number of rotatable bonds is 8. The number of methoxy groups -OCH3 is 4. The van der Waals surface area contributed by atoms with Gasteiger partial charge in [0, 0.05) is 83.0 Å². The van der Waals surface area contributed by atoms with E-state index in [9.17, 15) is 24.9 Å². The molecule has 1 aliphatic heterocycles. The van der Waals surface area contributed by atoms with Gasteiger partial charge >= 0.3 is 11.9 Å². The number of hydrogen-bond acceptors (Lipinski definition) is 12. The Bertz CT molecular complexity index is 1350. The second-order valence-corrected chi connectivity index (χ2v) is 14.3. The van der Waals surface area contributed by atoms with E-state index < -0.39 is 88.3 Å². The summed E-state index contributed by atoms with van der Waals surface area (Å²) in [6.07, 6.45) is -5.50. The normalized spacial score (nSPS) is 50.7. The summed E-state index contributed by atoms with van der Waals surface area (Å²) in [6.45, 7) is 2.00. The first kappa shape index (κ1) is 31.4. The van der Waals surface area contributed by atoms with E-state index in [1.165, 1.54) is 14.0 Å². The molecule has 45 heavy (non-hydrogen) atoms. The molecule has 1 saturated heterocycles. The predicted molar refractivity (Wildman–Crippen MR) is 156 cm³/mol. The van der Waals surface area contributed by atoms with Gasteiger partial charge in [-0.3, -0.25) is 4.79 Å². The number of ether oxygens (including phenoxy) is 6. The lowest BCUT2D eigenvalue weighted by Crippen LogP contribution is -2.81. The molecule has 0 unspecified atom stereocenters. The molecule has 5 aliphatic carbocycles. The predicted octanol–water partition coefficient (Wildman–Crippen LogP) is 0.258. The van der Waals surface area contributed by atoms with Gasteiger partial charge in [0.2, 0.25) is 0 Å². The first-order valence-corrected chi connectivity index (χ1v) is 15.8. The average molecular weight is 632 g/mol. The van der Waals surface area contributed by atoms with E-state index in [0.29, 0.717) is 18.5 Å². The number of aliphatic hydroxyl groups excluding tert-OH is 2. The molecule has 7 rings (SSSR count). The van der Waals surface area contributed by atoms with Crippen molar-refractivity contribution in [2.75, 3.05) is 48.6 Å². The number of benzene rings is 1. The van der Waals surface area contributed by atoms with Crippen molar-refractivity contribution in [3.63, 3.8) is 0 Å². The molecule has 6 aliphatic rings. The van der Waals surface area contributed by atoms with Gasteiger partial charge in [0.1, 0.15) is 23.9 Å². The monoisotopic (exact) mass is 631 g/mol. The average Bonchev–Trinajstić information content (AvgIpc) is 3.40. The highest BCUT2D eigenvalue weighted by Crippen LogP contribution is 2.80. The third-order valence-electron chi connectivity index (χ3n) is 12.9. The lowest BCUT2D eigenvalue weighted by Gasteiger charge is -2.70. The fourth-order valence-corrected chi connectivity index (χ4v) is 12.2. The second-order valence-electron chi connectivity index (χ2n) is 14.3. The Morgan fingerprint density at radius 1 is 1.00 bits per heavy atom. The highest BCUT2D eigenvalue weighted by Gasteiger charge is 2.92. The minimum absolute atomic E-state index is 0.0754. The van der Waals surface area contributed by atoms with Crippen molar-refractivity contribution >= 4 is 11.9 Å². The molecule has 1 heterocycles. The third kappa shape index (κ3) is 3.55. The van der Waals surface area contributed by atoms with E-state index in [-0.39, 0.29) is 25.0 Å². The number of aliphatic hydroxyl groups is 3. The van der Waals surface area contributed by atoms with E-state index in [1.807, 2.05) is 7.05 Å². The molecule has 0 amide bonds. The largest absolute Gasteiger partial charge is 0.455 e. The van der Waals surface area contributed by atoms with Crippen molar-refractivity contribution in [1.29, 1.82) is 0 Å². The van der Waals surface area contributed by atoms with Crippen LogP contribution in [0.3, 0.4) is 0 Å². The standard InChI is InChI=1S/C33H45NO11/c1-16(35)45-33-21-18(13-31(39,28(43-6)26(33)37)27(21)44-29(38)17-10-8-7-9-11-17)32-20(41-4)12-19(36)30(15-40-3)14-34(2)25(32)22(33)23(42-5)24(30)32/h7-11,18-28,36-37,39H,12-15H2,1-6H3/t18-,19+,20-,21+,22-,23-,24+,25+,26+,27-,28-,30+,31-,32-,33+/m1/s1. The van der Waals surface area contributed by atoms with E-state index in [0.717, 1.165) is 0 Å². The van der Waals surface area contributed by atoms with E-state index in [4.69, 9.17) is 28.4 Å². The van der Waals surface area contributed by atoms with E-state index in [1.54, 1.807) is 51.7 Å². The summed E-state index contributed by atoms with van der Waals surface area (Å²) in [7, 11) is 8.20. The Balaban J connectivity index is 1.52. The van der Waals surface area contributed by atoms with Gasteiger partial charge < -0.3 is 48.6 Å². The van der Waals surface area contributed by atoms with Crippen molar-refractivity contribution < 1.29 is 53.3 Å². The Morgan fingerprint density at radius 3 is 2.31 bits per heavy atom. The van der Waals surface area contributed by atoms with Gasteiger partial charge in [0.25, 0.3) is 0 Å². The third-order valence-corrected chi connectivity index (χ3v) is 12.9. The molecule has 7 bridgehead atoms. The number of fused-ring (bicyclic) bond motifs is 2. The van der Waals surface area contributed by atoms with Gasteiger partial charge in [-0.25, -0.2) is 4.79 Å². The zero-order chi connectivity index (χ0) is 32.3. The van der Waals surface area contributed by atoms with Crippen LogP contribution in [-0.2, 0) is 33.2 Å². The van der Waals surface area contributed by atoms with Gasteiger partial charge in [0.15, 0.2) is 5.60 Å². The lowest BCUT2D eigenvalue weighted by molar-refractivity contribution is -0.321. The topological polar surface area (TPSA) is 153 Å². The van der Waals surface area contributed by atoms with Crippen LogP contribution >= 0.6 is 0 Å². The SMILES string of the molecule is COC[C@]12CN(C)[C@H]3[C@H]4[C@@H](OC)[C@@H]1[C@@]3([C@@H]1C[C@@]3(O)[C@H](OC(=O)c5ccccc5)[C@H]1[C@@]4(OC(C)=O)[C@@H](O)[C@H]3OC)[C@H](OC)C[C@@H]2O. The van der Waals surface area contributed by atoms with Crippen molar-refractivity contribution in [2.24, 2.45) is 34.5 Å². The van der Waals surface area contributed by atoms with Gasteiger partial charge in [-0.15, -0.1) is 0 Å². The number of nitrogens with zero attached hydrogens (tertiary/aromatic N) is 1. The van der Waals surface area contributed by atoms with Crippen molar-refractivity contribution in [1.82, 2.24) is 4.90 Å². The second kappa shape index (κ2) is 10.4. The molecule has 1 spiro atoms. The minimum Gasteiger partial charge on any atom is -0.455 e. The molecular weight excluding hydrogens is 586 g/mol. The molecule has 6 fully saturated rings. The maximum atomic E-state index is 13.7. The lowest BCUT2D eigenvalue weighted by atomic mass is 9.42.